The van der Waals surface area contributed by atoms with Crippen molar-refractivity contribution in [1.82, 2.24) is 24.1 Å². The van der Waals surface area contributed by atoms with Gasteiger partial charge in [-0.05, 0) is 87.4 Å². The predicted octanol–water partition coefficient (Wildman–Crippen LogP) is 6.98. The Kier molecular flexibility index (Phi) is 9.48. The number of sulfone groups is 1. The first-order chi connectivity index (χ1) is 25.7. The van der Waals surface area contributed by atoms with E-state index in [-0.39, 0.29) is 46.8 Å². The minimum atomic E-state index is -3.49. The van der Waals surface area contributed by atoms with Crippen molar-refractivity contribution in [1.29, 1.82) is 0 Å². The van der Waals surface area contributed by atoms with Gasteiger partial charge in [0.1, 0.15) is 46.7 Å². The van der Waals surface area contributed by atoms with Crippen molar-refractivity contribution < 1.29 is 44.7 Å². The van der Waals surface area contributed by atoms with Crippen molar-refractivity contribution in [3.05, 3.63) is 106 Å². The van der Waals surface area contributed by atoms with Gasteiger partial charge >= 0.3 is 0 Å². The SMILES string of the molecule is Cc1nc(CS(C)(=O)=O)c2cccc(-c3ccc(C#CC(C)(C)O)nc3[C@@H](CC(=O)Cn3nc(C(F)F)c4c3C(F)(F)[C@@H]3C[C@H]43)Cc3cc(F)cc(F)c3)n12. The van der Waals surface area contributed by atoms with E-state index in [2.05, 4.69) is 21.9 Å². The number of carbonyl (C=O) groups is 1. The number of aromatic nitrogens is 5. The second-order valence-corrected chi connectivity index (χ2v) is 17.0. The average molecular weight is 784 g/mol. The molecule has 0 aliphatic heterocycles. The summed E-state index contributed by atoms with van der Waals surface area (Å²) in [5.41, 5.74) is -1.02. The van der Waals surface area contributed by atoms with E-state index in [0.29, 0.717) is 33.3 Å². The maximum Gasteiger partial charge on any atom is 0.293 e. The number of benzene rings is 1. The van der Waals surface area contributed by atoms with Gasteiger partial charge in [0.25, 0.3) is 12.3 Å². The van der Waals surface area contributed by atoms with E-state index in [1.807, 2.05) is 0 Å². The number of hydrogen-bond donors (Lipinski definition) is 1. The quantitative estimate of drug-likeness (QED) is 0.114. The van der Waals surface area contributed by atoms with Crippen molar-refractivity contribution in [2.24, 2.45) is 5.92 Å². The van der Waals surface area contributed by atoms with Crippen LogP contribution in [0.5, 0.6) is 0 Å². The smallest absolute Gasteiger partial charge is 0.293 e. The topological polar surface area (TPSA) is 119 Å². The Morgan fingerprint density at radius 1 is 1.07 bits per heavy atom. The monoisotopic (exact) mass is 783 g/mol. The molecule has 16 heteroatoms. The number of rotatable bonds is 11. The Labute approximate surface area is 312 Å². The van der Waals surface area contributed by atoms with Crippen molar-refractivity contribution in [3.63, 3.8) is 0 Å². The summed E-state index contributed by atoms with van der Waals surface area (Å²) in [6, 6.07) is 11.1. The molecule has 0 amide bonds. The lowest BCUT2D eigenvalue weighted by Gasteiger charge is -2.22. The Bertz CT molecular complexity index is 2530. The van der Waals surface area contributed by atoms with Crippen LogP contribution in [0.2, 0.25) is 0 Å². The number of hydrogen-bond acceptors (Lipinski definition) is 7. The van der Waals surface area contributed by atoms with Gasteiger partial charge in [-0.3, -0.25) is 13.9 Å². The van der Waals surface area contributed by atoms with E-state index in [0.717, 1.165) is 18.4 Å². The molecule has 0 bridgehead atoms. The van der Waals surface area contributed by atoms with Crippen LogP contribution in [-0.4, -0.2) is 55.3 Å². The van der Waals surface area contributed by atoms with Gasteiger partial charge in [-0.1, -0.05) is 12.0 Å². The van der Waals surface area contributed by atoms with E-state index < -0.39 is 87.3 Å². The summed E-state index contributed by atoms with van der Waals surface area (Å²) >= 11 is 0. The van der Waals surface area contributed by atoms with E-state index in [1.54, 1.807) is 41.7 Å². The highest BCUT2D eigenvalue weighted by Crippen LogP contribution is 2.68. The van der Waals surface area contributed by atoms with Gasteiger partial charge in [-0.25, -0.2) is 35.9 Å². The zero-order valence-electron chi connectivity index (χ0n) is 30.0. The first-order valence-electron chi connectivity index (χ1n) is 17.4. The summed E-state index contributed by atoms with van der Waals surface area (Å²) in [4.78, 5) is 23.3. The zero-order chi connectivity index (χ0) is 39.8. The summed E-state index contributed by atoms with van der Waals surface area (Å²) in [5, 5.41) is 14.1. The molecule has 4 aromatic heterocycles. The van der Waals surface area contributed by atoms with Gasteiger partial charge in [-0.2, -0.15) is 13.9 Å². The molecule has 1 saturated carbocycles. The summed E-state index contributed by atoms with van der Waals surface area (Å²) in [7, 11) is -3.49. The highest BCUT2D eigenvalue weighted by molar-refractivity contribution is 7.89. The number of aliphatic hydroxyl groups is 1. The van der Waals surface area contributed by atoms with Gasteiger partial charge in [0.05, 0.1) is 28.4 Å². The van der Waals surface area contributed by atoms with Gasteiger partial charge in [0, 0.05) is 41.7 Å². The molecule has 1 aromatic carbocycles. The fourth-order valence-corrected chi connectivity index (χ4v) is 8.31. The molecule has 0 radical (unpaired) electrons. The molecule has 288 valence electrons. The van der Waals surface area contributed by atoms with Crippen molar-refractivity contribution in [3.8, 4) is 23.1 Å². The van der Waals surface area contributed by atoms with Crippen LogP contribution >= 0.6 is 0 Å². The average Bonchev–Trinajstić information content (AvgIpc) is 3.62. The maximum atomic E-state index is 15.4. The van der Waals surface area contributed by atoms with E-state index in [1.165, 1.54) is 13.8 Å². The largest absolute Gasteiger partial charge is 0.378 e. The number of alkyl halides is 4. The number of halogens is 6. The Balaban J connectivity index is 1.37. The number of aryl methyl sites for hydroxylation is 1. The molecular formula is C39H35F6N5O4S. The number of nitrogens with zero attached hydrogens (tertiary/aromatic N) is 5. The highest BCUT2D eigenvalue weighted by atomic mass is 32.2. The summed E-state index contributed by atoms with van der Waals surface area (Å²) < 4.78 is 115. The molecule has 9 nitrogen and oxygen atoms in total. The Morgan fingerprint density at radius 2 is 1.78 bits per heavy atom. The number of Topliss-reactive ketones (excluding diaryl/α,β-unsaturated/α-hetero) is 1. The second-order valence-electron chi connectivity index (χ2n) is 14.8. The lowest BCUT2D eigenvalue weighted by Crippen LogP contribution is -2.24. The van der Waals surface area contributed by atoms with Crippen LogP contribution in [0.15, 0.2) is 48.5 Å². The predicted molar refractivity (Wildman–Crippen MR) is 189 cm³/mol. The number of pyridine rings is 2. The van der Waals surface area contributed by atoms with E-state index >= 15 is 8.78 Å². The number of imidazole rings is 1. The van der Waals surface area contributed by atoms with Crippen LogP contribution in [0.3, 0.4) is 0 Å². The molecule has 2 aliphatic rings. The third-order valence-electron chi connectivity index (χ3n) is 9.76. The molecule has 55 heavy (non-hydrogen) atoms. The highest BCUT2D eigenvalue weighted by Gasteiger charge is 2.67. The third kappa shape index (κ3) is 7.64. The van der Waals surface area contributed by atoms with Crippen LogP contribution in [0.25, 0.3) is 16.8 Å². The summed E-state index contributed by atoms with van der Waals surface area (Å²) in [6.07, 6.45) is -2.66. The van der Waals surface area contributed by atoms with Crippen LogP contribution < -0.4 is 0 Å². The van der Waals surface area contributed by atoms with Gasteiger partial charge in [0.2, 0.25) is 0 Å². The van der Waals surface area contributed by atoms with Crippen molar-refractivity contribution in [2.75, 3.05) is 6.26 Å². The molecule has 0 unspecified atom stereocenters. The molecule has 0 spiro atoms. The molecule has 2 aliphatic carbocycles. The minimum absolute atomic E-state index is 0.0473. The molecule has 3 atom stereocenters. The van der Waals surface area contributed by atoms with Gasteiger partial charge in [0.15, 0.2) is 15.6 Å². The molecule has 1 N–H and O–H groups in total. The van der Waals surface area contributed by atoms with Crippen LogP contribution in [0.1, 0.15) is 90.4 Å². The molecule has 5 aromatic rings. The van der Waals surface area contributed by atoms with Gasteiger partial charge in [-0.15, -0.1) is 0 Å². The fourth-order valence-electron chi connectivity index (χ4n) is 7.60. The molecule has 4 heterocycles. The fraction of sp³-hybridized carbons (Fsp3) is 0.385. The van der Waals surface area contributed by atoms with E-state index in [9.17, 15) is 35.9 Å². The van der Waals surface area contributed by atoms with Crippen molar-refractivity contribution >= 4 is 21.1 Å². The van der Waals surface area contributed by atoms with Crippen LogP contribution in [-0.2, 0) is 39.3 Å². The minimum Gasteiger partial charge on any atom is -0.378 e. The molecule has 1 fully saturated rings. The van der Waals surface area contributed by atoms with Crippen LogP contribution in [0, 0.1) is 36.3 Å². The summed E-state index contributed by atoms with van der Waals surface area (Å²) in [6.45, 7) is 3.82. The Morgan fingerprint density at radius 3 is 2.44 bits per heavy atom. The first kappa shape index (κ1) is 38.3. The van der Waals surface area contributed by atoms with E-state index in [4.69, 9.17) is 4.98 Å². The zero-order valence-corrected chi connectivity index (χ0v) is 30.9. The second kappa shape index (κ2) is 13.6. The van der Waals surface area contributed by atoms with Crippen LogP contribution in [0.4, 0.5) is 26.3 Å². The van der Waals surface area contributed by atoms with Crippen molar-refractivity contribution in [2.45, 2.75) is 82.1 Å². The lowest BCUT2D eigenvalue weighted by molar-refractivity contribution is -0.120. The Hall–Kier alpha value is -5.01. The maximum absolute atomic E-state index is 15.4. The normalized spacial score (nSPS) is 17.9. The van der Waals surface area contributed by atoms with Gasteiger partial charge < -0.3 is 5.11 Å². The molecule has 0 saturated heterocycles. The third-order valence-corrected chi connectivity index (χ3v) is 10.6. The number of ketones is 1. The number of carbonyl (C=O) groups excluding carboxylic acids is 1. The number of fused-ring (bicyclic) bond motifs is 4. The summed E-state index contributed by atoms with van der Waals surface area (Å²) in [5.74, 6) is -3.30. The molecule has 7 rings (SSSR count). The first-order valence-corrected chi connectivity index (χ1v) is 19.4. The molecular weight excluding hydrogens is 749 g/mol. The standard InChI is InChI=1S/C39H35F6N5O4S/c1-20-46-30(19-55(4,53)54)32-7-5-6-31(50(20)32)27-9-8-25(10-11-38(2,3)52)47-34(27)22(12-21-13-23(40)16-24(41)14-21)15-26(51)18-49-36-33(35(48-49)37(42)43)28-17-29(28)39(36,44)45/h5-9,13-14,16,22,28-29,37,52H,12,15,17-19H2,1-4H3/t22-,28+,29-/m1/s1. The lowest BCUT2D eigenvalue weighted by atomic mass is 9.87.